The fourth-order valence-electron chi connectivity index (χ4n) is 3.00. The predicted octanol–water partition coefficient (Wildman–Crippen LogP) is 4.73. The summed E-state index contributed by atoms with van der Waals surface area (Å²) in [4.78, 5) is 27.3. The van der Waals surface area contributed by atoms with E-state index in [2.05, 4.69) is 21.2 Å². The van der Waals surface area contributed by atoms with E-state index in [4.69, 9.17) is 16.3 Å². The van der Waals surface area contributed by atoms with Gasteiger partial charge in [-0.1, -0.05) is 42.8 Å². The van der Waals surface area contributed by atoms with Crippen LogP contribution in [0.2, 0.25) is 5.02 Å². The summed E-state index contributed by atoms with van der Waals surface area (Å²) in [7, 11) is 0. The van der Waals surface area contributed by atoms with Gasteiger partial charge >= 0.3 is 0 Å². The first kappa shape index (κ1) is 23.2. The second-order valence-electron chi connectivity index (χ2n) is 6.63. The third-order valence-corrected chi connectivity index (χ3v) is 5.44. The van der Waals surface area contributed by atoms with Crippen LogP contribution in [0.15, 0.2) is 46.9 Å². The molecular formula is C22H26BrClN2O3. The summed E-state index contributed by atoms with van der Waals surface area (Å²) in [6.45, 7) is 6.42. The van der Waals surface area contributed by atoms with Crippen molar-refractivity contribution in [2.45, 2.75) is 39.8 Å². The number of hydrogen-bond acceptors (Lipinski definition) is 3. The minimum Gasteiger partial charge on any atom is -0.483 e. The minimum atomic E-state index is -0.570. The molecule has 1 atom stereocenters. The number of likely N-dealkylation sites (N-methyl/N-ethyl adjacent to an activating group) is 1. The molecule has 0 radical (unpaired) electrons. The molecule has 5 nitrogen and oxygen atoms in total. The molecule has 2 aromatic carbocycles. The Kier molecular flexibility index (Phi) is 8.99. The standard InChI is InChI=1S/C22H26BrClN2O3/c1-4-19(22(28)25-5-2)26(13-16-9-7-6-8-15(16)3)21(27)14-29-20-11-10-17(24)12-18(20)23/h6-12,19H,4-5,13-14H2,1-3H3,(H,25,28)/t19-/m1/s1. The lowest BCUT2D eigenvalue weighted by Gasteiger charge is -2.31. The van der Waals surface area contributed by atoms with Crippen LogP contribution < -0.4 is 10.1 Å². The molecule has 0 bridgehead atoms. The van der Waals surface area contributed by atoms with E-state index in [1.165, 1.54) is 0 Å². The molecule has 0 aliphatic carbocycles. The molecule has 156 valence electrons. The van der Waals surface area contributed by atoms with Crippen molar-refractivity contribution in [3.63, 3.8) is 0 Å². The fourth-order valence-corrected chi connectivity index (χ4v) is 3.79. The Hall–Kier alpha value is -2.05. The molecule has 0 saturated heterocycles. The average molecular weight is 482 g/mol. The van der Waals surface area contributed by atoms with E-state index >= 15 is 0 Å². The molecule has 0 aliphatic heterocycles. The van der Waals surface area contributed by atoms with E-state index in [0.29, 0.717) is 34.8 Å². The van der Waals surface area contributed by atoms with Crippen LogP contribution in [0, 0.1) is 6.92 Å². The highest BCUT2D eigenvalue weighted by Crippen LogP contribution is 2.28. The molecule has 2 aromatic rings. The molecule has 1 N–H and O–H groups in total. The molecule has 7 heteroatoms. The van der Waals surface area contributed by atoms with Gasteiger partial charge < -0.3 is 15.0 Å². The molecular weight excluding hydrogens is 456 g/mol. The average Bonchev–Trinajstić information content (AvgIpc) is 2.68. The third kappa shape index (κ3) is 6.47. The summed E-state index contributed by atoms with van der Waals surface area (Å²) in [5.74, 6) is 0.0995. The van der Waals surface area contributed by atoms with Crippen molar-refractivity contribution in [3.05, 3.63) is 63.1 Å². The van der Waals surface area contributed by atoms with Crippen molar-refractivity contribution in [2.24, 2.45) is 0 Å². The van der Waals surface area contributed by atoms with Gasteiger partial charge in [0, 0.05) is 18.1 Å². The lowest BCUT2D eigenvalue weighted by atomic mass is 10.1. The lowest BCUT2D eigenvalue weighted by molar-refractivity contribution is -0.142. The maximum Gasteiger partial charge on any atom is 0.261 e. The summed E-state index contributed by atoms with van der Waals surface area (Å²) in [5.41, 5.74) is 2.06. The smallest absolute Gasteiger partial charge is 0.261 e. The van der Waals surface area contributed by atoms with Crippen LogP contribution in [0.25, 0.3) is 0 Å². The summed E-state index contributed by atoms with van der Waals surface area (Å²) < 4.78 is 6.37. The van der Waals surface area contributed by atoms with Gasteiger partial charge in [0.05, 0.1) is 4.47 Å². The number of benzene rings is 2. The number of carbonyl (C=O) groups is 2. The van der Waals surface area contributed by atoms with Crippen molar-refractivity contribution < 1.29 is 14.3 Å². The first-order chi connectivity index (χ1) is 13.9. The molecule has 2 amide bonds. The number of rotatable bonds is 9. The summed E-state index contributed by atoms with van der Waals surface area (Å²) in [6, 6.07) is 12.4. The summed E-state index contributed by atoms with van der Waals surface area (Å²) in [5, 5.41) is 3.39. The Morgan fingerprint density at radius 2 is 1.93 bits per heavy atom. The van der Waals surface area contributed by atoms with Gasteiger partial charge in [-0.25, -0.2) is 0 Å². The highest BCUT2D eigenvalue weighted by atomic mass is 79.9. The minimum absolute atomic E-state index is 0.162. The van der Waals surface area contributed by atoms with Crippen molar-refractivity contribution >= 4 is 39.3 Å². The highest BCUT2D eigenvalue weighted by molar-refractivity contribution is 9.10. The van der Waals surface area contributed by atoms with Gasteiger partial charge in [-0.3, -0.25) is 9.59 Å². The lowest BCUT2D eigenvalue weighted by Crippen LogP contribution is -2.50. The number of hydrogen-bond donors (Lipinski definition) is 1. The van der Waals surface area contributed by atoms with E-state index in [9.17, 15) is 9.59 Å². The number of aryl methyl sites for hydroxylation is 1. The Labute approximate surface area is 185 Å². The number of carbonyl (C=O) groups excluding carboxylic acids is 2. The van der Waals surface area contributed by atoms with Crippen molar-refractivity contribution in [1.29, 1.82) is 0 Å². The summed E-state index contributed by atoms with van der Waals surface area (Å²) in [6.07, 6.45) is 0.508. The number of nitrogens with one attached hydrogen (secondary N) is 1. The van der Waals surface area contributed by atoms with Crippen molar-refractivity contribution in [2.75, 3.05) is 13.2 Å². The van der Waals surface area contributed by atoms with E-state index in [1.54, 1.807) is 23.1 Å². The van der Waals surface area contributed by atoms with Crippen LogP contribution in [0.5, 0.6) is 5.75 Å². The van der Waals surface area contributed by atoms with Gasteiger partial charge in [-0.2, -0.15) is 0 Å². The number of nitrogens with zero attached hydrogens (tertiary/aromatic N) is 1. The quantitative estimate of drug-likeness (QED) is 0.563. The zero-order valence-corrected chi connectivity index (χ0v) is 19.2. The molecule has 29 heavy (non-hydrogen) atoms. The maximum atomic E-state index is 13.1. The third-order valence-electron chi connectivity index (χ3n) is 4.58. The van der Waals surface area contributed by atoms with Gasteiger partial charge in [0.2, 0.25) is 5.91 Å². The van der Waals surface area contributed by atoms with E-state index < -0.39 is 6.04 Å². The normalized spacial score (nSPS) is 11.6. The van der Waals surface area contributed by atoms with Crippen LogP contribution >= 0.6 is 27.5 Å². The zero-order valence-electron chi connectivity index (χ0n) is 16.9. The predicted molar refractivity (Wildman–Crippen MR) is 119 cm³/mol. The second kappa shape index (κ2) is 11.2. The Morgan fingerprint density at radius 3 is 2.55 bits per heavy atom. The van der Waals surface area contributed by atoms with E-state index in [0.717, 1.165) is 11.1 Å². The van der Waals surface area contributed by atoms with Crippen LogP contribution in [0.4, 0.5) is 0 Å². The van der Waals surface area contributed by atoms with Gasteiger partial charge in [-0.15, -0.1) is 0 Å². The first-order valence-electron chi connectivity index (χ1n) is 9.56. The molecule has 2 rings (SSSR count). The summed E-state index contributed by atoms with van der Waals surface area (Å²) >= 11 is 9.34. The largest absolute Gasteiger partial charge is 0.483 e. The maximum absolute atomic E-state index is 13.1. The SMILES string of the molecule is CCNC(=O)[C@@H](CC)N(Cc1ccccc1C)C(=O)COc1ccc(Cl)cc1Br. The van der Waals surface area contributed by atoms with Gasteiger partial charge in [-0.05, 0) is 65.5 Å². The molecule has 0 aliphatic rings. The monoisotopic (exact) mass is 480 g/mol. The topological polar surface area (TPSA) is 58.6 Å². The van der Waals surface area contributed by atoms with Crippen LogP contribution in [-0.4, -0.2) is 35.9 Å². The van der Waals surface area contributed by atoms with E-state index in [1.807, 2.05) is 45.0 Å². The van der Waals surface area contributed by atoms with Gasteiger partial charge in [0.15, 0.2) is 6.61 Å². The van der Waals surface area contributed by atoms with Crippen LogP contribution in [0.1, 0.15) is 31.4 Å². The Bertz CT molecular complexity index is 860. The van der Waals surface area contributed by atoms with Crippen molar-refractivity contribution in [3.8, 4) is 5.75 Å². The molecule has 0 fully saturated rings. The number of amides is 2. The zero-order chi connectivity index (χ0) is 21.4. The molecule has 0 saturated carbocycles. The van der Waals surface area contributed by atoms with Gasteiger partial charge in [0.1, 0.15) is 11.8 Å². The Morgan fingerprint density at radius 1 is 1.21 bits per heavy atom. The van der Waals surface area contributed by atoms with Gasteiger partial charge in [0.25, 0.3) is 5.91 Å². The van der Waals surface area contributed by atoms with Crippen molar-refractivity contribution in [1.82, 2.24) is 10.2 Å². The number of halogens is 2. The highest BCUT2D eigenvalue weighted by Gasteiger charge is 2.29. The molecule has 0 spiro atoms. The van der Waals surface area contributed by atoms with E-state index in [-0.39, 0.29) is 18.4 Å². The first-order valence-corrected chi connectivity index (χ1v) is 10.7. The van der Waals surface area contributed by atoms with Crippen LogP contribution in [0.3, 0.4) is 0 Å². The molecule has 0 aromatic heterocycles. The number of ether oxygens (including phenoxy) is 1. The van der Waals surface area contributed by atoms with Crippen LogP contribution in [-0.2, 0) is 16.1 Å². The second-order valence-corrected chi connectivity index (χ2v) is 7.92. The molecule has 0 unspecified atom stereocenters. The Balaban J connectivity index is 2.23. The fraction of sp³-hybridized carbons (Fsp3) is 0.364. The molecule has 0 heterocycles.